The molecule has 1 aromatic rings. The van der Waals surface area contributed by atoms with E-state index in [1.807, 2.05) is 0 Å². The van der Waals surface area contributed by atoms with E-state index in [4.69, 9.17) is 11.5 Å². The number of primary amides is 2. The lowest BCUT2D eigenvalue weighted by Gasteiger charge is -2.25. The second kappa shape index (κ2) is 16.1. The van der Waals surface area contributed by atoms with Crippen LogP contribution in [-0.2, 0) is 30.4 Å². The highest BCUT2D eigenvalue weighted by Gasteiger charge is 2.31. The first-order valence-corrected chi connectivity index (χ1v) is 12.4. The predicted molar refractivity (Wildman–Crippen MR) is 136 cm³/mol. The van der Waals surface area contributed by atoms with Gasteiger partial charge in [0.15, 0.2) is 0 Å². The summed E-state index contributed by atoms with van der Waals surface area (Å²) < 4.78 is 0. The SMILES string of the molecule is CCCCCCCC(=O)N[C@@H](CC(N)=O)C(=O)N[C@@H](Cc1ccc(O)cc1)C(=O)N[C@H](C(N)=O)C(C)O. The van der Waals surface area contributed by atoms with E-state index in [1.165, 1.54) is 31.2 Å². The van der Waals surface area contributed by atoms with Crippen molar-refractivity contribution in [2.45, 2.75) is 89.4 Å². The van der Waals surface area contributed by atoms with Crippen LogP contribution in [0.2, 0.25) is 0 Å². The smallest absolute Gasteiger partial charge is 0.243 e. The third-order valence-corrected chi connectivity index (χ3v) is 5.66. The molecule has 0 saturated carbocycles. The van der Waals surface area contributed by atoms with Crippen molar-refractivity contribution in [1.29, 1.82) is 0 Å². The molecule has 4 atom stereocenters. The lowest BCUT2D eigenvalue weighted by atomic mass is 10.0. The van der Waals surface area contributed by atoms with E-state index in [9.17, 15) is 34.2 Å². The molecule has 0 saturated heterocycles. The summed E-state index contributed by atoms with van der Waals surface area (Å²) in [6.45, 7) is 3.34. The number of phenols is 1. The Morgan fingerprint density at radius 2 is 1.46 bits per heavy atom. The number of nitrogens with two attached hydrogens (primary N) is 2. The van der Waals surface area contributed by atoms with E-state index in [0.717, 1.165) is 25.7 Å². The monoisotopic (exact) mass is 521 g/mol. The number of carbonyl (C=O) groups is 5. The molecular weight excluding hydrogens is 482 g/mol. The van der Waals surface area contributed by atoms with Crippen LogP contribution in [0.25, 0.3) is 0 Å². The molecule has 9 N–H and O–H groups in total. The van der Waals surface area contributed by atoms with E-state index >= 15 is 0 Å². The van der Waals surface area contributed by atoms with Crippen molar-refractivity contribution in [1.82, 2.24) is 16.0 Å². The number of aromatic hydroxyl groups is 1. The third kappa shape index (κ3) is 12.2. The number of benzene rings is 1. The Kier molecular flexibility index (Phi) is 13.7. The van der Waals surface area contributed by atoms with Crippen LogP contribution in [0.3, 0.4) is 0 Å². The highest BCUT2D eigenvalue weighted by Crippen LogP contribution is 2.12. The normalized spacial score (nSPS) is 14.0. The van der Waals surface area contributed by atoms with Gasteiger partial charge in [0.25, 0.3) is 0 Å². The quantitative estimate of drug-likeness (QED) is 0.133. The Bertz CT molecular complexity index is 921. The second-order valence-corrected chi connectivity index (χ2v) is 9.02. The number of aliphatic hydroxyl groups excluding tert-OH is 1. The average Bonchev–Trinajstić information content (AvgIpc) is 2.81. The summed E-state index contributed by atoms with van der Waals surface area (Å²) in [5, 5.41) is 26.6. The van der Waals surface area contributed by atoms with Gasteiger partial charge in [0, 0.05) is 12.8 Å². The van der Waals surface area contributed by atoms with Crippen LogP contribution in [0.4, 0.5) is 0 Å². The number of amides is 5. The molecule has 0 aliphatic rings. The van der Waals surface area contributed by atoms with E-state index in [-0.39, 0.29) is 18.6 Å². The lowest BCUT2D eigenvalue weighted by molar-refractivity contribution is -0.135. The maximum Gasteiger partial charge on any atom is 0.243 e. The maximum absolute atomic E-state index is 13.0. The van der Waals surface area contributed by atoms with Crippen LogP contribution >= 0.6 is 0 Å². The van der Waals surface area contributed by atoms with Crippen LogP contribution in [-0.4, -0.2) is 64.0 Å². The minimum absolute atomic E-state index is 0.00406. The van der Waals surface area contributed by atoms with E-state index < -0.39 is 60.2 Å². The molecule has 37 heavy (non-hydrogen) atoms. The Labute approximate surface area is 216 Å². The average molecular weight is 522 g/mol. The molecule has 0 aromatic heterocycles. The zero-order valence-electron chi connectivity index (χ0n) is 21.4. The molecule has 0 bridgehead atoms. The molecule has 1 unspecified atom stereocenters. The predicted octanol–water partition coefficient (Wildman–Crippen LogP) is -0.509. The zero-order valence-corrected chi connectivity index (χ0v) is 21.4. The van der Waals surface area contributed by atoms with Gasteiger partial charge in [-0.2, -0.15) is 0 Å². The fourth-order valence-corrected chi connectivity index (χ4v) is 3.60. The Morgan fingerprint density at radius 1 is 0.865 bits per heavy atom. The number of rotatable bonds is 17. The van der Waals surface area contributed by atoms with Gasteiger partial charge in [-0.3, -0.25) is 24.0 Å². The molecule has 12 nitrogen and oxygen atoms in total. The summed E-state index contributed by atoms with van der Waals surface area (Å²) in [6, 6.07) is 1.83. The Balaban J connectivity index is 3.02. The molecule has 0 aliphatic heterocycles. The topological polar surface area (TPSA) is 214 Å². The van der Waals surface area contributed by atoms with Crippen LogP contribution < -0.4 is 27.4 Å². The van der Waals surface area contributed by atoms with E-state index in [2.05, 4.69) is 22.9 Å². The summed E-state index contributed by atoms with van der Waals surface area (Å²) in [5.41, 5.74) is 11.1. The molecule has 5 amide bonds. The van der Waals surface area contributed by atoms with Gasteiger partial charge in [-0.1, -0.05) is 44.7 Å². The number of carbonyl (C=O) groups excluding carboxylic acids is 5. The fraction of sp³-hybridized carbons (Fsp3) is 0.560. The van der Waals surface area contributed by atoms with Crippen molar-refractivity contribution in [3.8, 4) is 5.75 Å². The third-order valence-electron chi connectivity index (χ3n) is 5.66. The van der Waals surface area contributed by atoms with Crippen molar-refractivity contribution in [2.24, 2.45) is 11.5 Å². The van der Waals surface area contributed by atoms with Crippen LogP contribution in [0.5, 0.6) is 5.75 Å². The van der Waals surface area contributed by atoms with Gasteiger partial charge >= 0.3 is 0 Å². The first kappa shape index (κ1) is 31.4. The Hall–Kier alpha value is -3.67. The Morgan fingerprint density at radius 3 is 2.00 bits per heavy atom. The largest absolute Gasteiger partial charge is 0.508 e. The van der Waals surface area contributed by atoms with Gasteiger partial charge in [-0.15, -0.1) is 0 Å². The van der Waals surface area contributed by atoms with E-state index in [1.54, 1.807) is 0 Å². The fourth-order valence-electron chi connectivity index (χ4n) is 3.60. The molecule has 1 aromatic carbocycles. The van der Waals surface area contributed by atoms with Gasteiger partial charge in [0.2, 0.25) is 29.5 Å². The van der Waals surface area contributed by atoms with Crippen LogP contribution in [0.1, 0.15) is 64.4 Å². The molecule has 0 radical (unpaired) electrons. The number of hydrogen-bond acceptors (Lipinski definition) is 7. The first-order chi connectivity index (χ1) is 17.4. The number of unbranched alkanes of at least 4 members (excludes halogenated alkanes) is 4. The van der Waals surface area contributed by atoms with Crippen LogP contribution in [0, 0.1) is 0 Å². The second-order valence-electron chi connectivity index (χ2n) is 9.02. The van der Waals surface area contributed by atoms with Crippen molar-refractivity contribution < 1.29 is 34.2 Å². The highest BCUT2D eigenvalue weighted by atomic mass is 16.3. The van der Waals surface area contributed by atoms with E-state index in [0.29, 0.717) is 12.0 Å². The summed E-state index contributed by atoms with van der Waals surface area (Å²) in [4.78, 5) is 61.6. The minimum atomic E-state index is -1.42. The van der Waals surface area contributed by atoms with Crippen molar-refractivity contribution in [2.75, 3.05) is 0 Å². The van der Waals surface area contributed by atoms with Gasteiger partial charge < -0.3 is 37.6 Å². The molecule has 0 fully saturated rings. The van der Waals surface area contributed by atoms with Crippen molar-refractivity contribution in [3.05, 3.63) is 29.8 Å². The van der Waals surface area contributed by atoms with Crippen LogP contribution in [0.15, 0.2) is 24.3 Å². The van der Waals surface area contributed by atoms with Gasteiger partial charge in [0.05, 0.1) is 12.5 Å². The number of aliphatic hydroxyl groups is 1. The number of nitrogens with one attached hydrogen (secondary N) is 3. The summed E-state index contributed by atoms with van der Waals surface area (Å²) in [5.74, 6) is -3.89. The number of hydrogen-bond donors (Lipinski definition) is 7. The van der Waals surface area contributed by atoms with Crippen molar-refractivity contribution >= 4 is 29.5 Å². The molecular formula is C25H39N5O7. The first-order valence-electron chi connectivity index (χ1n) is 12.4. The molecule has 1 rings (SSSR count). The molecule has 0 heterocycles. The molecule has 0 spiro atoms. The minimum Gasteiger partial charge on any atom is -0.508 e. The maximum atomic E-state index is 13.0. The highest BCUT2D eigenvalue weighted by molar-refractivity contribution is 5.96. The van der Waals surface area contributed by atoms with Gasteiger partial charge in [-0.05, 0) is 31.0 Å². The molecule has 0 aliphatic carbocycles. The summed E-state index contributed by atoms with van der Waals surface area (Å²) in [7, 11) is 0. The lowest BCUT2D eigenvalue weighted by Crippen LogP contribution is -2.59. The molecule has 206 valence electrons. The zero-order chi connectivity index (χ0) is 28.0. The van der Waals surface area contributed by atoms with Gasteiger partial charge in [-0.25, -0.2) is 0 Å². The summed E-state index contributed by atoms with van der Waals surface area (Å²) in [6.07, 6.45) is 2.89. The van der Waals surface area contributed by atoms with Gasteiger partial charge in [0.1, 0.15) is 23.9 Å². The summed E-state index contributed by atoms with van der Waals surface area (Å²) >= 11 is 0. The standard InChI is InChI=1S/C25H39N5O7/c1-3-4-5-6-7-8-21(34)28-19(14-20(26)33)24(36)29-18(13-16-9-11-17(32)12-10-16)25(37)30-22(15(2)31)23(27)35/h9-12,15,18-19,22,31-32H,3-8,13-14H2,1-2H3,(H2,26,33)(H2,27,35)(H,28,34)(H,29,36)(H,30,37)/t15?,18-,19-,22-/m0/s1. The number of phenolic OH excluding ortho intramolecular Hbond substituents is 1. The van der Waals surface area contributed by atoms with Crippen molar-refractivity contribution in [3.63, 3.8) is 0 Å². The molecule has 12 heteroatoms.